The van der Waals surface area contributed by atoms with E-state index in [0.717, 1.165) is 18.4 Å². The summed E-state index contributed by atoms with van der Waals surface area (Å²) in [6.45, 7) is 14.4. The Morgan fingerprint density at radius 3 is 2.23 bits per heavy atom. The summed E-state index contributed by atoms with van der Waals surface area (Å²) in [5, 5.41) is 8.57. The number of carbonyl (C=O) groups is 5. The molecule has 0 radical (unpaired) electrons. The average Bonchev–Trinajstić information content (AvgIpc) is 3.77. The highest BCUT2D eigenvalue weighted by Crippen LogP contribution is 2.65. The number of likely N-dealkylation sites (tertiary alicyclic amines) is 1. The third kappa shape index (κ3) is 7.78. The van der Waals surface area contributed by atoms with E-state index in [9.17, 15) is 24.0 Å². The molecule has 0 spiro atoms. The smallest absolute Gasteiger partial charge is 0.315 e. The standard InChI is InChI=1S/C33H49N5O6/c1-31(2,3)26(36-30(43)37-32(4,5)18-44-17-20-11-9-8-10-12-20)29(42)38-16-21-23(33(21,6)7)24(38)28(41)35-22(15-19-13-14-19)25(39)27(34)40/h8-12,19,21-24,26H,13-18H2,1-7H3,(H2,34,40)(H,35,41)(H2,36,37,43)/t21-,22?,23-,24-,26?/m0/s1. The van der Waals surface area contributed by atoms with Gasteiger partial charge in [-0.2, -0.15) is 0 Å². The molecule has 3 fully saturated rings. The van der Waals surface area contributed by atoms with Gasteiger partial charge in [-0.25, -0.2) is 4.79 Å². The van der Waals surface area contributed by atoms with Gasteiger partial charge in [0.05, 0.1) is 24.8 Å². The maximum Gasteiger partial charge on any atom is 0.315 e. The SMILES string of the molecule is CC(C)(COCc1ccccc1)NC(=O)NC(C(=O)N1C[C@H]2[C@@H]([C@H]1C(=O)NC(CC1CC1)C(=O)C(N)=O)C2(C)C)C(C)(C)C. The van der Waals surface area contributed by atoms with Gasteiger partial charge in [0, 0.05) is 6.54 Å². The van der Waals surface area contributed by atoms with Gasteiger partial charge in [-0.1, -0.05) is 77.8 Å². The number of hydrogen-bond donors (Lipinski definition) is 4. The number of urea groups is 1. The van der Waals surface area contributed by atoms with E-state index in [4.69, 9.17) is 10.5 Å². The number of nitrogens with two attached hydrogens (primary N) is 1. The van der Waals surface area contributed by atoms with Gasteiger partial charge in [0.15, 0.2) is 0 Å². The number of hydrogen-bond acceptors (Lipinski definition) is 6. The molecule has 1 aromatic carbocycles. The van der Waals surface area contributed by atoms with E-state index in [0.29, 0.717) is 19.6 Å². The van der Waals surface area contributed by atoms with E-state index >= 15 is 0 Å². The number of ketones is 1. The summed E-state index contributed by atoms with van der Waals surface area (Å²) in [6.07, 6.45) is 2.21. The minimum atomic E-state index is -1.09. The van der Waals surface area contributed by atoms with Crippen LogP contribution in [-0.2, 0) is 30.5 Å². The molecule has 1 aromatic rings. The topological polar surface area (TPSA) is 160 Å². The van der Waals surface area contributed by atoms with Crippen LogP contribution in [0.1, 0.15) is 73.3 Å². The van der Waals surface area contributed by atoms with Gasteiger partial charge < -0.3 is 31.3 Å². The summed E-state index contributed by atoms with van der Waals surface area (Å²) in [7, 11) is 0. The van der Waals surface area contributed by atoms with Crippen LogP contribution in [0.5, 0.6) is 0 Å². The fraction of sp³-hybridized carbons (Fsp3) is 0.667. The van der Waals surface area contributed by atoms with Crippen molar-refractivity contribution in [3.8, 4) is 0 Å². The average molecular weight is 612 g/mol. The first-order chi connectivity index (χ1) is 20.4. The second-order valence-electron chi connectivity index (χ2n) is 15.1. The van der Waals surface area contributed by atoms with E-state index < -0.39 is 52.7 Å². The molecule has 2 saturated carbocycles. The lowest BCUT2D eigenvalue weighted by atomic mass is 9.85. The summed E-state index contributed by atoms with van der Waals surface area (Å²) >= 11 is 0. The molecule has 0 aromatic heterocycles. The summed E-state index contributed by atoms with van der Waals surface area (Å²) in [6, 6.07) is 6.43. The lowest BCUT2D eigenvalue weighted by Gasteiger charge is -2.38. The van der Waals surface area contributed by atoms with Gasteiger partial charge in [0.2, 0.25) is 17.6 Å². The number of benzene rings is 1. The monoisotopic (exact) mass is 611 g/mol. The second kappa shape index (κ2) is 12.5. The Hall–Kier alpha value is -3.47. The molecule has 2 unspecified atom stereocenters. The summed E-state index contributed by atoms with van der Waals surface area (Å²) in [4.78, 5) is 67.0. The number of nitrogens with zero attached hydrogens (tertiary/aromatic N) is 1. The van der Waals surface area contributed by atoms with Crippen LogP contribution in [0.3, 0.4) is 0 Å². The van der Waals surface area contributed by atoms with Crippen molar-refractivity contribution in [3.05, 3.63) is 35.9 Å². The highest BCUT2D eigenvalue weighted by atomic mass is 16.5. The fourth-order valence-corrected chi connectivity index (χ4v) is 6.48. The van der Waals surface area contributed by atoms with Crippen LogP contribution < -0.4 is 21.7 Å². The van der Waals surface area contributed by atoms with Crippen LogP contribution in [0, 0.1) is 28.6 Å². The molecule has 1 heterocycles. The Kier molecular flexibility index (Phi) is 9.49. The minimum absolute atomic E-state index is 0.103. The maximum absolute atomic E-state index is 14.2. The van der Waals surface area contributed by atoms with Crippen molar-refractivity contribution in [1.29, 1.82) is 0 Å². The molecular formula is C33H49N5O6. The molecule has 242 valence electrons. The van der Waals surface area contributed by atoms with Crippen molar-refractivity contribution in [1.82, 2.24) is 20.9 Å². The molecule has 5 N–H and O–H groups in total. The normalized spacial score (nSPS) is 23.6. The Bertz CT molecular complexity index is 1270. The Labute approximate surface area is 260 Å². The summed E-state index contributed by atoms with van der Waals surface area (Å²) in [5.74, 6) is -2.49. The van der Waals surface area contributed by atoms with Crippen LogP contribution in [0.2, 0.25) is 0 Å². The lowest BCUT2D eigenvalue weighted by molar-refractivity contribution is -0.145. The first-order valence-corrected chi connectivity index (χ1v) is 15.6. The predicted molar refractivity (Wildman–Crippen MR) is 165 cm³/mol. The fourth-order valence-electron chi connectivity index (χ4n) is 6.48. The van der Waals surface area contributed by atoms with Crippen LogP contribution in [0.4, 0.5) is 4.79 Å². The van der Waals surface area contributed by atoms with Crippen molar-refractivity contribution in [2.24, 2.45) is 34.3 Å². The first kappa shape index (κ1) is 33.4. The van der Waals surface area contributed by atoms with Crippen molar-refractivity contribution in [2.45, 2.75) is 98.0 Å². The molecule has 3 aliphatic rings. The van der Waals surface area contributed by atoms with E-state index in [-0.39, 0.29) is 35.7 Å². The Balaban J connectivity index is 1.44. The molecule has 1 aliphatic heterocycles. The molecule has 44 heavy (non-hydrogen) atoms. The molecule has 5 amide bonds. The van der Waals surface area contributed by atoms with E-state index in [2.05, 4.69) is 29.8 Å². The predicted octanol–water partition coefficient (Wildman–Crippen LogP) is 2.52. The van der Waals surface area contributed by atoms with E-state index in [1.165, 1.54) is 0 Å². The third-order valence-electron chi connectivity index (χ3n) is 9.32. The number of carbonyl (C=O) groups excluding carboxylic acids is 5. The Morgan fingerprint density at radius 1 is 1.02 bits per heavy atom. The Morgan fingerprint density at radius 2 is 1.66 bits per heavy atom. The maximum atomic E-state index is 14.2. The van der Waals surface area contributed by atoms with Gasteiger partial charge in [-0.15, -0.1) is 0 Å². The molecule has 11 heteroatoms. The van der Waals surface area contributed by atoms with Crippen molar-refractivity contribution in [2.75, 3.05) is 13.2 Å². The summed E-state index contributed by atoms with van der Waals surface area (Å²) < 4.78 is 5.84. The lowest BCUT2D eigenvalue weighted by Crippen LogP contribution is -2.62. The third-order valence-corrected chi connectivity index (χ3v) is 9.32. The van der Waals surface area contributed by atoms with Crippen LogP contribution in [0.25, 0.3) is 0 Å². The molecule has 2 aliphatic carbocycles. The number of nitrogens with one attached hydrogen (secondary N) is 3. The molecule has 4 rings (SSSR count). The number of primary amides is 1. The first-order valence-electron chi connectivity index (χ1n) is 15.6. The molecule has 11 nitrogen and oxygen atoms in total. The van der Waals surface area contributed by atoms with E-state index in [1.807, 2.05) is 65.0 Å². The quantitative estimate of drug-likeness (QED) is 0.251. The van der Waals surface area contributed by atoms with Crippen LogP contribution in [-0.4, -0.2) is 71.3 Å². The zero-order valence-corrected chi connectivity index (χ0v) is 27.1. The zero-order chi connectivity index (χ0) is 32.6. The molecule has 0 bridgehead atoms. The van der Waals surface area contributed by atoms with Gasteiger partial charge >= 0.3 is 6.03 Å². The number of piperidine rings is 1. The van der Waals surface area contributed by atoms with Crippen molar-refractivity contribution in [3.63, 3.8) is 0 Å². The van der Waals surface area contributed by atoms with Crippen molar-refractivity contribution >= 4 is 29.5 Å². The second-order valence-corrected chi connectivity index (χ2v) is 15.1. The van der Waals surface area contributed by atoms with Gasteiger partial charge in [0.1, 0.15) is 12.1 Å². The van der Waals surface area contributed by atoms with Crippen LogP contribution >= 0.6 is 0 Å². The number of ether oxygens (including phenoxy) is 1. The van der Waals surface area contributed by atoms with E-state index in [1.54, 1.807) is 4.90 Å². The number of rotatable bonds is 13. The van der Waals surface area contributed by atoms with Gasteiger partial charge in [-0.05, 0) is 54.4 Å². The minimum Gasteiger partial charge on any atom is -0.374 e. The highest BCUT2D eigenvalue weighted by molar-refractivity contribution is 6.37. The zero-order valence-electron chi connectivity index (χ0n) is 27.1. The number of amides is 5. The largest absolute Gasteiger partial charge is 0.374 e. The highest BCUT2D eigenvalue weighted by Gasteiger charge is 2.70. The molecular weight excluding hydrogens is 562 g/mol. The number of Topliss-reactive ketones (excluding diaryl/α,β-unsaturated/α-hetero) is 1. The molecule has 1 saturated heterocycles. The van der Waals surface area contributed by atoms with Gasteiger partial charge in [-0.3, -0.25) is 19.2 Å². The summed E-state index contributed by atoms with van der Waals surface area (Å²) in [5.41, 5.74) is 4.74. The number of fused-ring (bicyclic) bond motifs is 1. The van der Waals surface area contributed by atoms with Crippen molar-refractivity contribution < 1.29 is 28.7 Å². The van der Waals surface area contributed by atoms with Crippen LogP contribution in [0.15, 0.2) is 30.3 Å². The van der Waals surface area contributed by atoms with Gasteiger partial charge in [0.25, 0.3) is 5.91 Å². The molecule has 5 atom stereocenters.